The van der Waals surface area contributed by atoms with E-state index in [1.807, 2.05) is 36.5 Å². The van der Waals surface area contributed by atoms with Gasteiger partial charge in [0, 0.05) is 6.20 Å². The van der Waals surface area contributed by atoms with Gasteiger partial charge in [-0.2, -0.15) is 13.2 Å². The van der Waals surface area contributed by atoms with E-state index in [-0.39, 0.29) is 0 Å². The Morgan fingerprint density at radius 3 is 2.10 bits per heavy atom. The highest BCUT2D eigenvalue weighted by Crippen LogP contribution is 2.13. The molecule has 3 N–H and O–H groups in total. The molecule has 2 aromatic rings. The number of rotatable bonds is 2. The van der Waals surface area contributed by atoms with Gasteiger partial charge in [-0.05, 0) is 23.6 Å². The van der Waals surface area contributed by atoms with Gasteiger partial charge in [0.2, 0.25) is 0 Å². The van der Waals surface area contributed by atoms with Crippen molar-refractivity contribution in [2.24, 2.45) is 0 Å². The number of hydrogen-bond acceptors (Lipinski definition) is 3. The first kappa shape index (κ1) is 16.5. The summed E-state index contributed by atoms with van der Waals surface area (Å²) < 4.78 is 31.7. The van der Waals surface area contributed by atoms with Crippen LogP contribution >= 0.6 is 0 Å². The molecule has 112 valence electrons. The number of nitrogens with zero attached hydrogens (tertiary/aromatic N) is 1. The number of benzene rings is 1. The molecule has 0 amide bonds. The molecule has 0 aliphatic heterocycles. The van der Waals surface area contributed by atoms with Gasteiger partial charge in [-0.15, -0.1) is 0 Å². The second kappa shape index (κ2) is 7.28. The molecule has 0 saturated carbocycles. The predicted octanol–water partition coefficient (Wildman–Crippen LogP) is 2.89. The first-order valence-corrected chi connectivity index (χ1v) is 5.83. The Morgan fingerprint density at radius 2 is 1.67 bits per heavy atom. The Hall–Kier alpha value is -2.57. The zero-order valence-electron chi connectivity index (χ0n) is 10.8. The van der Waals surface area contributed by atoms with Crippen LogP contribution in [0.15, 0.2) is 48.7 Å². The molecule has 0 fully saturated rings. The number of aliphatic carboxylic acids is 1. The van der Waals surface area contributed by atoms with E-state index < -0.39 is 12.1 Å². The molecule has 0 saturated heterocycles. The number of carbonyl (C=O) groups is 1. The van der Waals surface area contributed by atoms with Gasteiger partial charge in [0.1, 0.15) is 5.82 Å². The van der Waals surface area contributed by atoms with E-state index in [0.717, 1.165) is 6.42 Å². The molecule has 4 nitrogen and oxygen atoms in total. The smallest absolute Gasteiger partial charge is 0.475 e. The molecular weight excluding hydrogens is 285 g/mol. The highest BCUT2D eigenvalue weighted by molar-refractivity contribution is 5.73. The van der Waals surface area contributed by atoms with Crippen LogP contribution in [0, 0.1) is 0 Å². The zero-order chi connectivity index (χ0) is 15.9. The summed E-state index contributed by atoms with van der Waals surface area (Å²) in [5, 5.41) is 7.12. The third kappa shape index (κ3) is 6.42. The number of pyridine rings is 1. The standard InChI is InChI=1S/C12H12N2.C2HF3O2/c13-12-7-6-11(9-14-12)8-10-4-2-1-3-5-10;3-2(4,5)1(6)7/h1-7,9H,8H2,(H2,13,14);(H,6,7). The minimum Gasteiger partial charge on any atom is -0.475 e. The van der Waals surface area contributed by atoms with E-state index in [1.165, 1.54) is 11.1 Å². The van der Waals surface area contributed by atoms with Crippen molar-refractivity contribution in [2.75, 3.05) is 5.73 Å². The van der Waals surface area contributed by atoms with Crippen molar-refractivity contribution in [1.29, 1.82) is 0 Å². The lowest BCUT2D eigenvalue weighted by molar-refractivity contribution is -0.192. The number of carboxylic acid groups (broad SMARTS) is 1. The summed E-state index contributed by atoms with van der Waals surface area (Å²) >= 11 is 0. The van der Waals surface area contributed by atoms with Gasteiger partial charge in [0.05, 0.1) is 0 Å². The maximum absolute atomic E-state index is 10.6. The van der Waals surface area contributed by atoms with Crippen molar-refractivity contribution in [3.05, 3.63) is 59.8 Å². The van der Waals surface area contributed by atoms with E-state index in [2.05, 4.69) is 17.1 Å². The van der Waals surface area contributed by atoms with Crippen LogP contribution in [0.1, 0.15) is 11.1 Å². The highest BCUT2D eigenvalue weighted by Gasteiger charge is 2.38. The lowest BCUT2D eigenvalue weighted by atomic mass is 10.1. The zero-order valence-corrected chi connectivity index (χ0v) is 10.8. The van der Waals surface area contributed by atoms with Gasteiger partial charge in [-0.3, -0.25) is 0 Å². The Kier molecular flexibility index (Phi) is 5.71. The third-order valence-electron chi connectivity index (χ3n) is 2.34. The van der Waals surface area contributed by atoms with Crippen LogP contribution in [-0.4, -0.2) is 22.2 Å². The fourth-order valence-corrected chi connectivity index (χ4v) is 1.37. The fourth-order valence-electron chi connectivity index (χ4n) is 1.37. The molecule has 0 unspecified atom stereocenters. The van der Waals surface area contributed by atoms with E-state index in [9.17, 15) is 13.2 Å². The van der Waals surface area contributed by atoms with Crippen LogP contribution in [0.2, 0.25) is 0 Å². The molecule has 2 rings (SSSR count). The second-order valence-electron chi connectivity index (χ2n) is 4.06. The molecule has 1 heterocycles. The first-order valence-electron chi connectivity index (χ1n) is 5.83. The summed E-state index contributed by atoms with van der Waals surface area (Å²) in [6.07, 6.45) is -2.35. The molecule has 7 heteroatoms. The Balaban J connectivity index is 0.000000270. The molecular formula is C14H13F3N2O2. The summed E-state index contributed by atoms with van der Waals surface area (Å²) in [4.78, 5) is 12.9. The van der Waals surface area contributed by atoms with Gasteiger partial charge in [0.25, 0.3) is 0 Å². The van der Waals surface area contributed by atoms with Gasteiger partial charge in [-0.25, -0.2) is 9.78 Å². The second-order valence-corrected chi connectivity index (χ2v) is 4.06. The molecule has 1 aromatic carbocycles. The lowest BCUT2D eigenvalue weighted by Crippen LogP contribution is -2.21. The molecule has 0 aliphatic rings. The van der Waals surface area contributed by atoms with Crippen molar-refractivity contribution in [3.8, 4) is 0 Å². The van der Waals surface area contributed by atoms with E-state index in [0.29, 0.717) is 5.82 Å². The van der Waals surface area contributed by atoms with Crippen LogP contribution in [-0.2, 0) is 11.2 Å². The number of hydrogen-bond donors (Lipinski definition) is 2. The Morgan fingerprint density at radius 1 is 1.10 bits per heavy atom. The highest BCUT2D eigenvalue weighted by atomic mass is 19.4. The molecule has 0 bridgehead atoms. The maximum Gasteiger partial charge on any atom is 0.490 e. The predicted molar refractivity (Wildman–Crippen MR) is 71.6 cm³/mol. The number of aromatic nitrogens is 1. The maximum atomic E-state index is 10.6. The third-order valence-corrected chi connectivity index (χ3v) is 2.34. The normalized spacial score (nSPS) is 10.4. The SMILES string of the molecule is Nc1ccc(Cc2ccccc2)cn1.O=C(O)C(F)(F)F. The summed E-state index contributed by atoms with van der Waals surface area (Å²) in [5.41, 5.74) is 7.99. The molecule has 0 aliphatic carbocycles. The monoisotopic (exact) mass is 298 g/mol. The van der Waals surface area contributed by atoms with E-state index >= 15 is 0 Å². The van der Waals surface area contributed by atoms with E-state index in [1.54, 1.807) is 0 Å². The Bertz CT molecular complexity index is 569. The molecule has 0 atom stereocenters. The van der Waals surface area contributed by atoms with Crippen molar-refractivity contribution < 1.29 is 23.1 Å². The van der Waals surface area contributed by atoms with Crippen LogP contribution < -0.4 is 5.73 Å². The van der Waals surface area contributed by atoms with Gasteiger partial charge in [0.15, 0.2) is 0 Å². The van der Waals surface area contributed by atoms with Crippen LogP contribution in [0.5, 0.6) is 0 Å². The quantitative estimate of drug-likeness (QED) is 0.893. The van der Waals surface area contributed by atoms with Crippen molar-refractivity contribution in [3.63, 3.8) is 0 Å². The van der Waals surface area contributed by atoms with Crippen LogP contribution in [0.25, 0.3) is 0 Å². The number of alkyl halides is 3. The van der Waals surface area contributed by atoms with Gasteiger partial charge in [-0.1, -0.05) is 36.4 Å². The van der Waals surface area contributed by atoms with Crippen molar-refractivity contribution in [1.82, 2.24) is 4.98 Å². The average molecular weight is 298 g/mol. The minimum atomic E-state index is -5.08. The van der Waals surface area contributed by atoms with Crippen LogP contribution in [0.4, 0.5) is 19.0 Å². The summed E-state index contributed by atoms with van der Waals surface area (Å²) in [7, 11) is 0. The van der Waals surface area contributed by atoms with Gasteiger partial charge >= 0.3 is 12.1 Å². The largest absolute Gasteiger partial charge is 0.490 e. The lowest BCUT2D eigenvalue weighted by Gasteiger charge is -2.01. The number of nitrogen functional groups attached to an aromatic ring is 1. The van der Waals surface area contributed by atoms with Crippen LogP contribution in [0.3, 0.4) is 0 Å². The molecule has 0 radical (unpaired) electrons. The minimum absolute atomic E-state index is 0.571. The molecule has 0 spiro atoms. The molecule has 21 heavy (non-hydrogen) atoms. The number of halogens is 3. The molecule has 1 aromatic heterocycles. The number of nitrogens with two attached hydrogens (primary N) is 1. The Labute approximate surface area is 119 Å². The summed E-state index contributed by atoms with van der Waals surface area (Å²) in [6.45, 7) is 0. The van der Waals surface area contributed by atoms with Crippen molar-refractivity contribution >= 4 is 11.8 Å². The summed E-state index contributed by atoms with van der Waals surface area (Å²) in [6, 6.07) is 14.2. The average Bonchev–Trinajstić information content (AvgIpc) is 2.42. The number of carboxylic acids is 1. The first-order chi connectivity index (χ1) is 9.79. The van der Waals surface area contributed by atoms with Gasteiger partial charge < -0.3 is 10.8 Å². The van der Waals surface area contributed by atoms with E-state index in [4.69, 9.17) is 15.6 Å². The van der Waals surface area contributed by atoms with Crippen molar-refractivity contribution in [2.45, 2.75) is 12.6 Å². The fraction of sp³-hybridized carbons (Fsp3) is 0.143. The topological polar surface area (TPSA) is 76.2 Å². The number of anilines is 1. The summed E-state index contributed by atoms with van der Waals surface area (Å²) in [5.74, 6) is -2.19.